The minimum Gasteiger partial charge on any atom is -0.489 e. The van der Waals surface area contributed by atoms with Gasteiger partial charge in [-0.3, -0.25) is 0 Å². The Morgan fingerprint density at radius 3 is 2.65 bits per heavy atom. The van der Waals surface area contributed by atoms with Crippen molar-refractivity contribution in [1.29, 1.82) is 0 Å². The minimum absolute atomic E-state index is 0.340. The lowest BCUT2D eigenvalue weighted by Gasteiger charge is -2.11. The summed E-state index contributed by atoms with van der Waals surface area (Å²) in [6.07, 6.45) is 3.51. The van der Waals surface area contributed by atoms with Crippen LogP contribution in [0.15, 0.2) is 42.5 Å². The average Bonchev–Trinajstić information content (AvgIpc) is 2.92. The van der Waals surface area contributed by atoms with Gasteiger partial charge < -0.3 is 14.8 Å². The van der Waals surface area contributed by atoms with Gasteiger partial charge in [-0.1, -0.05) is 30.3 Å². The first kappa shape index (κ1) is 13.2. The molecule has 0 amide bonds. The molecular weight excluding hydrogens is 251 g/mol. The Kier molecular flexibility index (Phi) is 3.76. The van der Waals surface area contributed by atoms with Gasteiger partial charge in [0.15, 0.2) is 0 Å². The van der Waals surface area contributed by atoms with Gasteiger partial charge in [0.1, 0.15) is 12.4 Å². The molecule has 0 aromatic heterocycles. The van der Waals surface area contributed by atoms with Crippen LogP contribution in [0.5, 0.6) is 5.75 Å². The van der Waals surface area contributed by atoms with Crippen LogP contribution < -0.4 is 10.2 Å². The average molecular weight is 268 g/mol. The third-order valence-electron chi connectivity index (χ3n) is 3.80. The topological polar surface area (TPSA) is 49.7 Å². The summed E-state index contributed by atoms with van der Waals surface area (Å²) < 4.78 is 5.79. The van der Waals surface area contributed by atoms with Crippen LogP contribution in [0.25, 0.3) is 0 Å². The predicted octanol–water partition coefficient (Wildman–Crippen LogP) is 1.43. The fraction of sp³-hybridized carbons (Fsp3) is 0.250. The highest BCUT2D eigenvalue weighted by Crippen LogP contribution is 2.26. The fourth-order valence-electron chi connectivity index (χ4n) is 2.72. The van der Waals surface area contributed by atoms with E-state index in [1.165, 1.54) is 17.5 Å². The molecule has 102 valence electrons. The van der Waals surface area contributed by atoms with E-state index in [4.69, 9.17) is 4.74 Å². The van der Waals surface area contributed by atoms with Gasteiger partial charge in [0.25, 0.3) is 0 Å². The van der Waals surface area contributed by atoms with E-state index in [9.17, 15) is 10.0 Å². The summed E-state index contributed by atoms with van der Waals surface area (Å²) >= 11 is 0. The van der Waals surface area contributed by atoms with Crippen LogP contribution in [-0.2, 0) is 19.4 Å². The number of aryl methyl sites for hydroxylation is 2. The van der Waals surface area contributed by atoms with Crippen molar-refractivity contribution in [3.8, 4) is 5.75 Å². The van der Waals surface area contributed by atoms with Gasteiger partial charge >= 0.3 is 7.12 Å². The molecule has 1 aliphatic carbocycles. The predicted molar refractivity (Wildman–Crippen MR) is 79.1 cm³/mol. The molecular formula is C16H17BO3. The molecule has 20 heavy (non-hydrogen) atoms. The number of fused-ring (bicyclic) bond motifs is 1. The molecule has 0 spiro atoms. The smallest absolute Gasteiger partial charge is 0.488 e. The van der Waals surface area contributed by atoms with Crippen molar-refractivity contribution in [3.63, 3.8) is 0 Å². The van der Waals surface area contributed by atoms with Gasteiger partial charge in [0.05, 0.1) is 0 Å². The monoisotopic (exact) mass is 268 g/mol. The van der Waals surface area contributed by atoms with Gasteiger partial charge in [-0.15, -0.1) is 0 Å². The Morgan fingerprint density at radius 2 is 1.80 bits per heavy atom. The first-order valence-corrected chi connectivity index (χ1v) is 6.92. The zero-order chi connectivity index (χ0) is 13.9. The minimum atomic E-state index is -1.46. The third kappa shape index (κ3) is 2.71. The van der Waals surface area contributed by atoms with Crippen LogP contribution in [0.4, 0.5) is 0 Å². The molecule has 0 bridgehead atoms. The normalized spacial score (nSPS) is 13.1. The maximum atomic E-state index is 9.33. The molecule has 3 nitrogen and oxygen atoms in total. The summed E-state index contributed by atoms with van der Waals surface area (Å²) in [7, 11) is -1.46. The van der Waals surface area contributed by atoms with Gasteiger partial charge in [-0.05, 0) is 53.5 Å². The van der Waals surface area contributed by atoms with E-state index in [2.05, 4.69) is 12.1 Å². The van der Waals surface area contributed by atoms with E-state index in [1.807, 2.05) is 18.2 Å². The van der Waals surface area contributed by atoms with Crippen molar-refractivity contribution in [2.24, 2.45) is 0 Å². The SMILES string of the molecule is OB(O)c1ccccc1COc1ccc2c(c1)CCC2. The van der Waals surface area contributed by atoms with Gasteiger partial charge in [-0.25, -0.2) is 0 Å². The molecule has 0 aliphatic heterocycles. The van der Waals surface area contributed by atoms with Crippen LogP contribution in [0.3, 0.4) is 0 Å². The van der Waals surface area contributed by atoms with Crippen molar-refractivity contribution in [1.82, 2.24) is 0 Å². The first-order valence-electron chi connectivity index (χ1n) is 6.92. The molecule has 0 unspecified atom stereocenters. The lowest BCUT2D eigenvalue weighted by molar-refractivity contribution is 0.306. The van der Waals surface area contributed by atoms with Crippen LogP contribution >= 0.6 is 0 Å². The van der Waals surface area contributed by atoms with Crippen LogP contribution in [0.1, 0.15) is 23.1 Å². The highest BCUT2D eigenvalue weighted by Gasteiger charge is 2.16. The summed E-state index contributed by atoms with van der Waals surface area (Å²) in [6, 6.07) is 13.4. The molecule has 3 rings (SSSR count). The first-order chi connectivity index (χ1) is 9.74. The van der Waals surface area contributed by atoms with Gasteiger partial charge in [0, 0.05) is 0 Å². The lowest BCUT2D eigenvalue weighted by Crippen LogP contribution is -2.33. The van der Waals surface area contributed by atoms with Gasteiger partial charge in [0.2, 0.25) is 0 Å². The fourth-order valence-corrected chi connectivity index (χ4v) is 2.72. The molecule has 2 aromatic carbocycles. The molecule has 2 aromatic rings. The zero-order valence-electron chi connectivity index (χ0n) is 11.2. The number of rotatable bonds is 4. The summed E-state index contributed by atoms with van der Waals surface area (Å²) in [6.45, 7) is 0.340. The van der Waals surface area contributed by atoms with Crippen molar-refractivity contribution >= 4 is 12.6 Å². The molecule has 0 fully saturated rings. The molecule has 1 aliphatic rings. The van der Waals surface area contributed by atoms with E-state index in [0.29, 0.717) is 12.1 Å². The largest absolute Gasteiger partial charge is 0.489 e. The van der Waals surface area contributed by atoms with E-state index < -0.39 is 7.12 Å². The number of ether oxygens (including phenoxy) is 1. The zero-order valence-corrected chi connectivity index (χ0v) is 11.2. The Hall–Kier alpha value is -1.78. The molecule has 0 saturated carbocycles. The summed E-state index contributed by atoms with van der Waals surface area (Å²) in [4.78, 5) is 0. The van der Waals surface area contributed by atoms with Crippen LogP contribution in [0.2, 0.25) is 0 Å². The summed E-state index contributed by atoms with van der Waals surface area (Å²) in [5.74, 6) is 0.841. The molecule has 0 atom stereocenters. The second-order valence-electron chi connectivity index (χ2n) is 5.15. The van der Waals surface area contributed by atoms with Gasteiger partial charge in [-0.2, -0.15) is 0 Å². The third-order valence-corrected chi connectivity index (χ3v) is 3.80. The Bertz CT molecular complexity index is 610. The Balaban J connectivity index is 1.74. The molecule has 0 heterocycles. The Labute approximate surface area is 119 Å². The summed E-state index contributed by atoms with van der Waals surface area (Å²) in [5.41, 5.74) is 4.08. The quantitative estimate of drug-likeness (QED) is 0.825. The Morgan fingerprint density at radius 1 is 1.00 bits per heavy atom. The maximum absolute atomic E-state index is 9.33. The van der Waals surface area contributed by atoms with E-state index in [1.54, 1.807) is 12.1 Å². The highest BCUT2D eigenvalue weighted by molar-refractivity contribution is 6.59. The van der Waals surface area contributed by atoms with Crippen molar-refractivity contribution in [3.05, 3.63) is 59.2 Å². The van der Waals surface area contributed by atoms with Crippen molar-refractivity contribution in [2.45, 2.75) is 25.9 Å². The maximum Gasteiger partial charge on any atom is 0.488 e. The van der Waals surface area contributed by atoms with E-state index >= 15 is 0 Å². The standard InChI is InChI=1S/C16H17BO3/c18-17(19)16-7-2-1-4-14(16)11-20-15-9-8-12-5-3-6-13(12)10-15/h1-2,4,7-10,18-19H,3,5-6,11H2. The number of hydrogen-bond acceptors (Lipinski definition) is 3. The number of benzene rings is 2. The van der Waals surface area contributed by atoms with Crippen molar-refractivity contribution in [2.75, 3.05) is 0 Å². The second-order valence-corrected chi connectivity index (χ2v) is 5.15. The van der Waals surface area contributed by atoms with E-state index in [0.717, 1.165) is 24.2 Å². The highest BCUT2D eigenvalue weighted by atomic mass is 16.5. The second kappa shape index (κ2) is 5.69. The van der Waals surface area contributed by atoms with Crippen LogP contribution in [-0.4, -0.2) is 17.2 Å². The molecule has 0 radical (unpaired) electrons. The van der Waals surface area contributed by atoms with E-state index in [-0.39, 0.29) is 0 Å². The summed E-state index contributed by atoms with van der Waals surface area (Å²) in [5, 5.41) is 18.7. The van der Waals surface area contributed by atoms with Crippen LogP contribution in [0, 0.1) is 0 Å². The number of hydrogen-bond donors (Lipinski definition) is 2. The molecule has 4 heteroatoms. The lowest BCUT2D eigenvalue weighted by atomic mass is 9.77. The molecule has 2 N–H and O–H groups in total. The van der Waals surface area contributed by atoms with Crippen molar-refractivity contribution < 1.29 is 14.8 Å². The molecule has 0 saturated heterocycles.